The van der Waals surface area contributed by atoms with Crippen LogP contribution in [-0.4, -0.2) is 29.9 Å². The summed E-state index contributed by atoms with van der Waals surface area (Å²) in [5.41, 5.74) is 3.00. The molecule has 1 N–H and O–H groups in total. The van der Waals surface area contributed by atoms with E-state index in [9.17, 15) is 9.59 Å². The number of carbonyl (C=O) groups is 2. The Labute approximate surface area is 202 Å². The number of anilines is 4. The van der Waals surface area contributed by atoms with Gasteiger partial charge in [0.1, 0.15) is 0 Å². The maximum Gasteiger partial charge on any atom is 0.248 e. The monoisotopic (exact) mass is 480 g/mol. The number of benzene rings is 2. The molecule has 0 saturated carbocycles. The molecule has 0 spiro atoms. The van der Waals surface area contributed by atoms with Crippen molar-refractivity contribution in [2.24, 2.45) is 0 Å². The van der Waals surface area contributed by atoms with Crippen molar-refractivity contribution in [1.82, 2.24) is 4.98 Å². The van der Waals surface area contributed by atoms with Crippen LogP contribution in [0.5, 0.6) is 0 Å². The van der Waals surface area contributed by atoms with Gasteiger partial charge in [0.15, 0.2) is 5.13 Å². The van der Waals surface area contributed by atoms with Gasteiger partial charge in [-0.05, 0) is 55.7 Å². The van der Waals surface area contributed by atoms with Crippen molar-refractivity contribution in [3.05, 3.63) is 70.7 Å². The van der Waals surface area contributed by atoms with Crippen LogP contribution < -0.4 is 15.1 Å². The van der Waals surface area contributed by atoms with Crippen LogP contribution >= 0.6 is 22.9 Å². The summed E-state index contributed by atoms with van der Waals surface area (Å²) < 4.78 is 0. The smallest absolute Gasteiger partial charge is 0.248 e. The highest BCUT2D eigenvalue weighted by Gasteiger charge is 2.17. The van der Waals surface area contributed by atoms with Gasteiger partial charge in [-0.1, -0.05) is 29.8 Å². The van der Waals surface area contributed by atoms with Crippen LogP contribution in [0.4, 0.5) is 22.2 Å². The summed E-state index contributed by atoms with van der Waals surface area (Å²) in [6, 6.07) is 15.0. The molecule has 33 heavy (non-hydrogen) atoms. The fourth-order valence-corrected chi connectivity index (χ4v) is 4.94. The fraction of sp³-hybridized carbons (Fsp3) is 0.240. The number of nitrogens with zero attached hydrogens (tertiary/aromatic N) is 3. The Kier molecular flexibility index (Phi) is 7.42. The van der Waals surface area contributed by atoms with Gasteiger partial charge in [-0.25, -0.2) is 4.98 Å². The zero-order chi connectivity index (χ0) is 23.2. The van der Waals surface area contributed by atoms with Gasteiger partial charge < -0.3 is 10.2 Å². The fourth-order valence-electron chi connectivity index (χ4n) is 3.78. The zero-order valence-corrected chi connectivity index (χ0v) is 19.9. The van der Waals surface area contributed by atoms with Crippen LogP contribution in [0.2, 0.25) is 5.02 Å². The molecule has 0 unspecified atom stereocenters. The molecular weight excluding hydrogens is 456 g/mol. The van der Waals surface area contributed by atoms with Crippen molar-refractivity contribution >= 4 is 63.0 Å². The minimum Gasteiger partial charge on any atom is -0.370 e. The maximum absolute atomic E-state index is 12.4. The molecule has 1 fully saturated rings. The number of thiazole rings is 1. The Bertz CT molecular complexity index is 1160. The molecule has 2 aromatic carbocycles. The highest BCUT2D eigenvalue weighted by Crippen LogP contribution is 2.31. The molecule has 6 nitrogen and oxygen atoms in total. The summed E-state index contributed by atoms with van der Waals surface area (Å²) in [5, 5.41) is 5.83. The minimum absolute atomic E-state index is 0.131. The molecule has 3 aromatic rings. The molecule has 1 saturated heterocycles. The Morgan fingerprint density at radius 2 is 1.88 bits per heavy atom. The standard InChI is InChI=1S/C25H25ClN4O2S/c1-18(31)30(21-8-4-2-5-9-21)25-28-20(17-33-25)11-13-24(32)27-19-10-12-23(22(26)16-19)29-14-6-3-7-15-29/h2,4-5,8-13,16-17H,3,6-7,14-15H2,1H3,(H,27,32)/b13-11+. The third kappa shape index (κ3) is 5.80. The lowest BCUT2D eigenvalue weighted by molar-refractivity contribution is -0.116. The summed E-state index contributed by atoms with van der Waals surface area (Å²) in [7, 11) is 0. The van der Waals surface area contributed by atoms with E-state index in [2.05, 4.69) is 15.2 Å². The molecule has 8 heteroatoms. The number of halogens is 1. The van der Waals surface area contributed by atoms with Gasteiger partial charge in [0, 0.05) is 37.2 Å². The number of hydrogen-bond donors (Lipinski definition) is 1. The molecule has 4 rings (SSSR count). The number of rotatable bonds is 6. The maximum atomic E-state index is 12.4. The second-order valence-electron chi connectivity index (χ2n) is 7.78. The molecule has 1 aliphatic heterocycles. The normalized spacial score (nSPS) is 13.8. The number of nitrogens with one attached hydrogen (secondary N) is 1. The van der Waals surface area contributed by atoms with E-state index in [1.165, 1.54) is 43.6 Å². The lowest BCUT2D eigenvalue weighted by atomic mass is 10.1. The number of hydrogen-bond acceptors (Lipinski definition) is 5. The van der Waals surface area contributed by atoms with Crippen molar-refractivity contribution in [1.29, 1.82) is 0 Å². The van der Waals surface area contributed by atoms with Crippen LogP contribution in [0.25, 0.3) is 6.08 Å². The van der Waals surface area contributed by atoms with Gasteiger partial charge in [0.2, 0.25) is 11.8 Å². The van der Waals surface area contributed by atoms with E-state index < -0.39 is 0 Å². The summed E-state index contributed by atoms with van der Waals surface area (Å²) >= 11 is 7.82. The van der Waals surface area contributed by atoms with Crippen LogP contribution in [0, 0.1) is 0 Å². The number of amides is 2. The number of piperidine rings is 1. The molecular formula is C25H25ClN4O2S. The van der Waals surface area contributed by atoms with E-state index in [1.807, 2.05) is 47.8 Å². The topological polar surface area (TPSA) is 65.5 Å². The van der Waals surface area contributed by atoms with E-state index in [4.69, 9.17) is 11.6 Å². The molecule has 170 valence electrons. The van der Waals surface area contributed by atoms with E-state index in [0.717, 1.165) is 24.5 Å². The first kappa shape index (κ1) is 23.0. The lowest BCUT2D eigenvalue weighted by Gasteiger charge is -2.29. The number of carbonyl (C=O) groups excluding carboxylic acids is 2. The average Bonchev–Trinajstić information content (AvgIpc) is 3.27. The van der Waals surface area contributed by atoms with Crippen LogP contribution in [0.15, 0.2) is 60.0 Å². The molecule has 2 heterocycles. The Morgan fingerprint density at radius 1 is 1.12 bits per heavy atom. The highest BCUT2D eigenvalue weighted by molar-refractivity contribution is 7.14. The predicted molar refractivity (Wildman–Crippen MR) is 137 cm³/mol. The summed E-state index contributed by atoms with van der Waals surface area (Å²) in [5.74, 6) is -0.411. The summed E-state index contributed by atoms with van der Waals surface area (Å²) in [6.45, 7) is 3.52. The van der Waals surface area contributed by atoms with Crippen molar-refractivity contribution in [2.75, 3.05) is 28.2 Å². The third-order valence-electron chi connectivity index (χ3n) is 5.35. The first-order valence-electron chi connectivity index (χ1n) is 10.9. The van der Waals surface area contributed by atoms with Crippen molar-refractivity contribution < 1.29 is 9.59 Å². The number of para-hydroxylation sites is 1. The molecule has 0 radical (unpaired) electrons. The molecule has 0 aliphatic carbocycles. The van der Waals surface area contributed by atoms with E-state index in [0.29, 0.717) is 21.5 Å². The summed E-state index contributed by atoms with van der Waals surface area (Å²) in [6.07, 6.45) is 6.66. The first-order chi connectivity index (χ1) is 16.0. The van der Waals surface area contributed by atoms with Gasteiger partial charge in [-0.15, -0.1) is 11.3 Å². The van der Waals surface area contributed by atoms with Crippen molar-refractivity contribution in [3.63, 3.8) is 0 Å². The van der Waals surface area contributed by atoms with Crippen LogP contribution in [0.3, 0.4) is 0 Å². The van der Waals surface area contributed by atoms with E-state index >= 15 is 0 Å². The lowest BCUT2D eigenvalue weighted by Crippen LogP contribution is -2.29. The minimum atomic E-state index is -0.280. The highest BCUT2D eigenvalue weighted by atomic mass is 35.5. The second kappa shape index (κ2) is 10.6. The van der Waals surface area contributed by atoms with Gasteiger partial charge in [0.05, 0.1) is 22.1 Å². The predicted octanol–water partition coefficient (Wildman–Crippen LogP) is 6.12. The van der Waals surface area contributed by atoms with E-state index in [1.54, 1.807) is 17.0 Å². The molecule has 0 atom stereocenters. The van der Waals surface area contributed by atoms with Gasteiger partial charge in [0.25, 0.3) is 0 Å². The SMILES string of the molecule is CC(=O)N(c1ccccc1)c1nc(/C=C/C(=O)Nc2ccc(N3CCCCC3)c(Cl)c2)cs1. The number of aromatic nitrogens is 1. The largest absolute Gasteiger partial charge is 0.370 e. The molecule has 1 aromatic heterocycles. The van der Waals surface area contributed by atoms with Crippen molar-refractivity contribution in [3.8, 4) is 0 Å². The zero-order valence-electron chi connectivity index (χ0n) is 18.3. The van der Waals surface area contributed by atoms with Crippen molar-refractivity contribution in [2.45, 2.75) is 26.2 Å². The van der Waals surface area contributed by atoms with Gasteiger partial charge >= 0.3 is 0 Å². The average molecular weight is 481 g/mol. The van der Waals surface area contributed by atoms with Gasteiger partial charge in [-0.2, -0.15) is 0 Å². The molecule has 2 amide bonds. The Balaban J connectivity index is 1.40. The summed E-state index contributed by atoms with van der Waals surface area (Å²) in [4.78, 5) is 32.9. The van der Waals surface area contributed by atoms with Crippen LogP contribution in [-0.2, 0) is 9.59 Å². The quantitative estimate of drug-likeness (QED) is 0.431. The molecule has 0 bridgehead atoms. The van der Waals surface area contributed by atoms with E-state index in [-0.39, 0.29) is 11.8 Å². The molecule has 1 aliphatic rings. The van der Waals surface area contributed by atoms with Crippen LogP contribution in [0.1, 0.15) is 31.9 Å². The second-order valence-corrected chi connectivity index (χ2v) is 9.03. The van der Waals surface area contributed by atoms with Gasteiger partial charge in [-0.3, -0.25) is 14.5 Å². The third-order valence-corrected chi connectivity index (χ3v) is 6.49. The first-order valence-corrected chi connectivity index (χ1v) is 12.1. The Hall–Kier alpha value is -3.16. The Morgan fingerprint density at radius 3 is 2.58 bits per heavy atom.